The highest BCUT2D eigenvalue weighted by atomic mass is 79.9. The second kappa shape index (κ2) is 7.65. The summed E-state index contributed by atoms with van der Waals surface area (Å²) in [6.45, 7) is 1.81. The molecule has 25 heavy (non-hydrogen) atoms. The number of carbonyl (C=O) groups is 1. The molecule has 3 rings (SSSR count). The number of anilines is 1. The van der Waals surface area contributed by atoms with Gasteiger partial charge in [-0.25, -0.2) is 8.42 Å². The number of rotatable bonds is 5. The first-order valence-electron chi connectivity index (χ1n) is 7.64. The molecule has 1 N–H and O–H groups in total. The van der Waals surface area contributed by atoms with Gasteiger partial charge >= 0.3 is 0 Å². The summed E-state index contributed by atoms with van der Waals surface area (Å²) in [5.41, 5.74) is 0. The van der Waals surface area contributed by atoms with Crippen molar-refractivity contribution in [3.05, 3.63) is 41.1 Å². The van der Waals surface area contributed by atoms with Crippen molar-refractivity contribution in [2.24, 2.45) is 0 Å². The van der Waals surface area contributed by atoms with Crippen LogP contribution in [0.15, 0.2) is 50.5 Å². The van der Waals surface area contributed by atoms with Crippen LogP contribution >= 0.6 is 15.9 Å². The van der Waals surface area contributed by atoms with Gasteiger partial charge in [-0.05, 0) is 28.1 Å². The van der Waals surface area contributed by atoms with Crippen molar-refractivity contribution in [3.63, 3.8) is 0 Å². The lowest BCUT2D eigenvalue weighted by molar-refractivity contribution is -0.117. The maximum atomic E-state index is 12.7. The molecule has 1 amide bonds. The molecule has 10 heteroatoms. The zero-order valence-corrected chi connectivity index (χ0v) is 15.7. The molecule has 0 saturated carbocycles. The van der Waals surface area contributed by atoms with Crippen LogP contribution in [0.4, 0.5) is 5.82 Å². The number of hydrogen-bond acceptors (Lipinski definition) is 6. The largest absolute Gasteiger partial charge is 0.363 e. The highest BCUT2D eigenvalue weighted by molar-refractivity contribution is 9.10. The van der Waals surface area contributed by atoms with Crippen molar-refractivity contribution in [2.75, 3.05) is 38.0 Å². The molecular weight excluding hydrogens is 412 g/mol. The number of amides is 1. The van der Waals surface area contributed by atoms with E-state index in [2.05, 4.69) is 30.9 Å². The molecule has 1 fully saturated rings. The summed E-state index contributed by atoms with van der Waals surface area (Å²) in [7, 11) is -3.55. The van der Waals surface area contributed by atoms with Gasteiger partial charge in [-0.15, -0.1) is 0 Å². The minimum Gasteiger partial charge on any atom is -0.363 e. The first-order chi connectivity index (χ1) is 12.0. The summed E-state index contributed by atoms with van der Waals surface area (Å²) in [6, 6.07) is 8.31. The Kier molecular flexibility index (Phi) is 5.52. The molecule has 8 nitrogen and oxygen atoms in total. The number of aromatic nitrogens is 1. The van der Waals surface area contributed by atoms with Gasteiger partial charge in [0.2, 0.25) is 15.9 Å². The Hall–Kier alpha value is -1.75. The molecule has 1 aliphatic rings. The molecule has 0 unspecified atom stereocenters. The van der Waals surface area contributed by atoms with Gasteiger partial charge in [-0.1, -0.05) is 17.3 Å². The van der Waals surface area contributed by atoms with E-state index < -0.39 is 10.0 Å². The third-order valence-corrected chi connectivity index (χ3v) is 6.77. The zero-order valence-electron chi connectivity index (χ0n) is 13.3. The molecule has 1 aliphatic heterocycles. The summed E-state index contributed by atoms with van der Waals surface area (Å²) in [4.78, 5) is 14.1. The summed E-state index contributed by atoms with van der Waals surface area (Å²) < 4.78 is 32.1. The third kappa shape index (κ3) is 4.27. The molecule has 1 saturated heterocycles. The average Bonchev–Trinajstić information content (AvgIpc) is 3.08. The maximum Gasteiger partial charge on any atom is 0.244 e. The highest BCUT2D eigenvalue weighted by Crippen LogP contribution is 2.25. The molecule has 0 radical (unpaired) electrons. The number of benzene rings is 1. The smallest absolute Gasteiger partial charge is 0.244 e. The number of carbonyl (C=O) groups excluding carboxylic acids is 1. The number of nitrogens with zero attached hydrogens (tertiary/aromatic N) is 3. The van der Waals surface area contributed by atoms with Gasteiger partial charge in [-0.2, -0.15) is 4.31 Å². The van der Waals surface area contributed by atoms with E-state index in [9.17, 15) is 13.2 Å². The predicted molar refractivity (Wildman–Crippen MR) is 94.5 cm³/mol. The van der Waals surface area contributed by atoms with E-state index in [1.807, 2.05) is 4.90 Å². The molecule has 2 aromatic rings. The Bertz CT molecular complexity index is 833. The van der Waals surface area contributed by atoms with Crippen molar-refractivity contribution in [1.82, 2.24) is 14.4 Å². The van der Waals surface area contributed by atoms with Crippen molar-refractivity contribution in [3.8, 4) is 0 Å². The van der Waals surface area contributed by atoms with Crippen molar-refractivity contribution < 1.29 is 17.7 Å². The minimum absolute atomic E-state index is 0.176. The van der Waals surface area contributed by atoms with E-state index in [4.69, 9.17) is 0 Å². The lowest BCUT2D eigenvalue weighted by Crippen LogP contribution is -2.50. The fourth-order valence-corrected chi connectivity index (χ4v) is 4.97. The van der Waals surface area contributed by atoms with Crippen LogP contribution in [0.3, 0.4) is 0 Å². The summed E-state index contributed by atoms with van der Waals surface area (Å²) in [5, 5.41) is 6.24. The maximum absolute atomic E-state index is 12.7. The molecule has 0 atom stereocenters. The highest BCUT2D eigenvalue weighted by Gasteiger charge is 2.30. The topological polar surface area (TPSA) is 95.8 Å². The lowest BCUT2D eigenvalue weighted by atomic mass is 10.3. The van der Waals surface area contributed by atoms with E-state index in [0.717, 1.165) is 0 Å². The van der Waals surface area contributed by atoms with Gasteiger partial charge in [0.15, 0.2) is 5.82 Å². The Balaban J connectivity index is 1.56. The van der Waals surface area contributed by atoms with Crippen LogP contribution in [-0.2, 0) is 14.8 Å². The monoisotopic (exact) mass is 428 g/mol. The Morgan fingerprint density at radius 2 is 1.92 bits per heavy atom. The normalized spacial score (nSPS) is 16.7. The second-order valence-electron chi connectivity index (χ2n) is 5.54. The molecule has 1 aromatic heterocycles. The predicted octanol–water partition coefficient (Wildman–Crippen LogP) is 1.38. The molecule has 1 aromatic carbocycles. The van der Waals surface area contributed by atoms with E-state index in [0.29, 0.717) is 36.5 Å². The molecule has 0 spiro atoms. The van der Waals surface area contributed by atoms with Gasteiger partial charge in [-0.3, -0.25) is 9.69 Å². The summed E-state index contributed by atoms with van der Waals surface area (Å²) in [6.07, 6.45) is 1.38. The number of sulfonamides is 1. The van der Waals surface area contributed by atoms with Gasteiger partial charge in [0, 0.05) is 36.7 Å². The SMILES string of the molecule is O=C(CN1CCN(S(=O)(=O)c2ccccc2Br)CC1)Nc1ccon1. The second-order valence-corrected chi connectivity index (χ2v) is 8.30. The first-order valence-corrected chi connectivity index (χ1v) is 9.87. The number of piperazine rings is 1. The van der Waals surface area contributed by atoms with Crippen LogP contribution in [0.2, 0.25) is 0 Å². The van der Waals surface area contributed by atoms with Gasteiger partial charge in [0.05, 0.1) is 11.4 Å². The Morgan fingerprint density at radius 1 is 1.20 bits per heavy atom. The molecule has 0 bridgehead atoms. The van der Waals surface area contributed by atoms with Gasteiger partial charge < -0.3 is 9.84 Å². The van der Waals surface area contributed by atoms with Crippen LogP contribution < -0.4 is 5.32 Å². The minimum atomic E-state index is -3.55. The van der Waals surface area contributed by atoms with Crippen LogP contribution in [0.5, 0.6) is 0 Å². The van der Waals surface area contributed by atoms with E-state index in [-0.39, 0.29) is 17.3 Å². The first kappa shape index (κ1) is 18.1. The fraction of sp³-hybridized carbons (Fsp3) is 0.333. The van der Waals surface area contributed by atoms with Crippen LogP contribution in [0.1, 0.15) is 0 Å². The van der Waals surface area contributed by atoms with Crippen LogP contribution in [0.25, 0.3) is 0 Å². The van der Waals surface area contributed by atoms with E-state index >= 15 is 0 Å². The van der Waals surface area contributed by atoms with Gasteiger partial charge in [0.1, 0.15) is 6.26 Å². The molecular formula is C15H17BrN4O4S. The number of halogens is 1. The Labute approximate surface area is 153 Å². The summed E-state index contributed by atoms with van der Waals surface area (Å²) in [5.74, 6) is 0.149. The lowest BCUT2D eigenvalue weighted by Gasteiger charge is -2.33. The molecule has 2 heterocycles. The third-order valence-electron chi connectivity index (χ3n) is 3.86. The fourth-order valence-electron chi connectivity index (χ4n) is 2.58. The summed E-state index contributed by atoms with van der Waals surface area (Å²) >= 11 is 3.29. The van der Waals surface area contributed by atoms with Gasteiger partial charge in [0.25, 0.3) is 0 Å². The number of hydrogen-bond donors (Lipinski definition) is 1. The van der Waals surface area contributed by atoms with Crippen molar-refractivity contribution in [2.45, 2.75) is 4.90 Å². The van der Waals surface area contributed by atoms with Crippen molar-refractivity contribution in [1.29, 1.82) is 0 Å². The van der Waals surface area contributed by atoms with E-state index in [1.165, 1.54) is 10.6 Å². The zero-order chi connectivity index (χ0) is 17.9. The quantitative estimate of drug-likeness (QED) is 0.772. The molecule has 134 valence electrons. The van der Waals surface area contributed by atoms with Crippen LogP contribution in [0, 0.1) is 0 Å². The van der Waals surface area contributed by atoms with Crippen LogP contribution in [-0.4, -0.2) is 61.4 Å². The number of nitrogens with one attached hydrogen (secondary N) is 1. The average molecular weight is 429 g/mol. The standard InChI is InChI=1S/C15H17BrN4O4S/c16-12-3-1-2-4-13(12)25(22,23)20-8-6-19(7-9-20)11-15(21)17-14-5-10-24-18-14/h1-5,10H,6-9,11H2,(H,17,18,21). The molecule has 0 aliphatic carbocycles. The van der Waals surface area contributed by atoms with Crippen molar-refractivity contribution >= 4 is 37.7 Å². The Morgan fingerprint density at radius 3 is 2.56 bits per heavy atom. The van der Waals surface area contributed by atoms with E-state index in [1.54, 1.807) is 30.3 Å².